The Labute approximate surface area is 153 Å². The molecule has 1 N–H and O–H groups in total. The third-order valence-electron chi connectivity index (χ3n) is 4.03. The van der Waals surface area contributed by atoms with E-state index in [4.69, 9.17) is 0 Å². The molecule has 0 atom stereocenters. The van der Waals surface area contributed by atoms with Gasteiger partial charge in [0.2, 0.25) is 0 Å². The summed E-state index contributed by atoms with van der Waals surface area (Å²) in [5, 5.41) is 5.15. The maximum absolute atomic E-state index is 13.8. The van der Waals surface area contributed by atoms with Crippen LogP contribution >= 0.6 is 27.3 Å². The van der Waals surface area contributed by atoms with Gasteiger partial charge in [0.15, 0.2) is 5.13 Å². The van der Waals surface area contributed by atoms with Crippen molar-refractivity contribution in [2.45, 2.75) is 32.2 Å². The number of benzene rings is 1. The zero-order valence-electron chi connectivity index (χ0n) is 13.2. The fourth-order valence-electron chi connectivity index (χ4n) is 2.80. The minimum atomic E-state index is -0.553. The highest BCUT2D eigenvalue weighted by Crippen LogP contribution is 2.21. The summed E-state index contributed by atoms with van der Waals surface area (Å²) < 4.78 is 14.4. The Morgan fingerprint density at radius 1 is 1.29 bits per heavy atom. The SMILES string of the molecule is O=C(Nc1nc(CN2CCCCCC2)cs1)c1ccc(Br)cc1F. The molecule has 128 valence electrons. The van der Waals surface area contributed by atoms with E-state index in [1.807, 2.05) is 5.38 Å². The standard InChI is InChI=1S/C17H19BrFN3OS/c18-12-5-6-14(15(19)9-12)16(23)21-17-20-13(11-24-17)10-22-7-3-1-2-4-8-22/h5-6,9,11H,1-4,7-8,10H2,(H,20,21,23). The van der Waals surface area contributed by atoms with Crippen LogP contribution in [0.4, 0.5) is 9.52 Å². The Morgan fingerprint density at radius 2 is 2.04 bits per heavy atom. The molecule has 3 rings (SSSR count). The van der Waals surface area contributed by atoms with Gasteiger partial charge in [-0.2, -0.15) is 0 Å². The summed E-state index contributed by atoms with van der Waals surface area (Å²) in [5.74, 6) is -1.03. The predicted molar refractivity (Wildman–Crippen MR) is 97.9 cm³/mol. The van der Waals surface area contributed by atoms with Crippen LogP contribution < -0.4 is 5.32 Å². The number of anilines is 1. The molecule has 1 aliphatic rings. The van der Waals surface area contributed by atoms with Crippen molar-refractivity contribution in [1.29, 1.82) is 0 Å². The van der Waals surface area contributed by atoms with E-state index in [2.05, 4.69) is 31.1 Å². The van der Waals surface area contributed by atoms with Crippen LogP contribution in [0.25, 0.3) is 0 Å². The molecular weight excluding hydrogens is 393 g/mol. The minimum absolute atomic E-state index is 0.0162. The average molecular weight is 412 g/mol. The van der Waals surface area contributed by atoms with Crippen LogP contribution in [0.5, 0.6) is 0 Å². The van der Waals surface area contributed by atoms with Gasteiger partial charge in [-0.3, -0.25) is 15.0 Å². The molecular formula is C17H19BrFN3OS. The van der Waals surface area contributed by atoms with E-state index < -0.39 is 11.7 Å². The number of nitrogens with one attached hydrogen (secondary N) is 1. The molecule has 0 radical (unpaired) electrons. The van der Waals surface area contributed by atoms with E-state index in [0.717, 1.165) is 25.3 Å². The zero-order valence-corrected chi connectivity index (χ0v) is 15.6. The number of likely N-dealkylation sites (tertiary alicyclic amines) is 1. The van der Waals surface area contributed by atoms with Crippen molar-refractivity contribution < 1.29 is 9.18 Å². The molecule has 4 nitrogen and oxygen atoms in total. The first-order valence-electron chi connectivity index (χ1n) is 8.05. The Bertz CT molecular complexity index is 714. The number of halogens is 2. The summed E-state index contributed by atoms with van der Waals surface area (Å²) >= 11 is 4.56. The monoisotopic (exact) mass is 411 g/mol. The Hall–Kier alpha value is -1.31. The van der Waals surface area contributed by atoms with Gasteiger partial charge in [-0.15, -0.1) is 11.3 Å². The van der Waals surface area contributed by atoms with E-state index in [1.165, 1.54) is 49.2 Å². The van der Waals surface area contributed by atoms with Crippen molar-refractivity contribution in [2.24, 2.45) is 0 Å². The predicted octanol–water partition coefficient (Wildman–Crippen LogP) is 4.67. The van der Waals surface area contributed by atoms with Crippen LogP contribution in [0, 0.1) is 5.82 Å². The highest BCUT2D eigenvalue weighted by Gasteiger charge is 2.15. The second-order valence-electron chi connectivity index (χ2n) is 5.91. The molecule has 0 unspecified atom stereocenters. The number of hydrogen-bond acceptors (Lipinski definition) is 4. The summed E-state index contributed by atoms with van der Waals surface area (Å²) in [6.07, 6.45) is 5.06. The molecule has 2 aromatic rings. The first kappa shape index (κ1) is 17.5. The second kappa shape index (κ2) is 8.18. The summed E-state index contributed by atoms with van der Waals surface area (Å²) in [6, 6.07) is 4.38. The van der Waals surface area contributed by atoms with Crippen molar-refractivity contribution in [3.63, 3.8) is 0 Å². The largest absolute Gasteiger partial charge is 0.298 e. The Balaban J connectivity index is 1.61. The third-order valence-corrected chi connectivity index (χ3v) is 5.33. The molecule has 24 heavy (non-hydrogen) atoms. The van der Waals surface area contributed by atoms with Crippen LogP contribution in [0.3, 0.4) is 0 Å². The Kier molecular flexibility index (Phi) is 5.97. The fraction of sp³-hybridized carbons (Fsp3) is 0.412. The molecule has 1 aromatic carbocycles. The second-order valence-corrected chi connectivity index (χ2v) is 7.69. The maximum atomic E-state index is 13.8. The molecule has 1 aliphatic heterocycles. The van der Waals surface area contributed by atoms with Gasteiger partial charge in [-0.1, -0.05) is 28.8 Å². The number of aromatic nitrogens is 1. The van der Waals surface area contributed by atoms with Crippen molar-refractivity contribution in [1.82, 2.24) is 9.88 Å². The molecule has 1 amide bonds. The van der Waals surface area contributed by atoms with Crippen LogP contribution in [0.15, 0.2) is 28.1 Å². The summed E-state index contributed by atoms with van der Waals surface area (Å²) in [4.78, 5) is 19.0. The lowest BCUT2D eigenvalue weighted by atomic mass is 10.2. The summed E-state index contributed by atoms with van der Waals surface area (Å²) in [7, 11) is 0. The molecule has 1 aromatic heterocycles. The van der Waals surface area contributed by atoms with Crippen molar-refractivity contribution in [3.8, 4) is 0 Å². The van der Waals surface area contributed by atoms with Gasteiger partial charge in [-0.05, 0) is 44.1 Å². The number of thiazole rings is 1. The van der Waals surface area contributed by atoms with Gasteiger partial charge in [0, 0.05) is 16.4 Å². The van der Waals surface area contributed by atoms with Gasteiger partial charge in [0.1, 0.15) is 5.82 Å². The van der Waals surface area contributed by atoms with E-state index in [-0.39, 0.29) is 5.56 Å². The number of hydrogen-bond donors (Lipinski definition) is 1. The fourth-order valence-corrected chi connectivity index (χ4v) is 3.83. The first-order chi connectivity index (χ1) is 11.6. The Morgan fingerprint density at radius 3 is 2.75 bits per heavy atom. The minimum Gasteiger partial charge on any atom is -0.298 e. The topological polar surface area (TPSA) is 45.2 Å². The van der Waals surface area contributed by atoms with E-state index in [0.29, 0.717) is 9.60 Å². The highest BCUT2D eigenvalue weighted by molar-refractivity contribution is 9.10. The molecule has 1 saturated heterocycles. The number of nitrogens with zero attached hydrogens (tertiary/aromatic N) is 2. The van der Waals surface area contributed by atoms with Gasteiger partial charge >= 0.3 is 0 Å². The number of carbonyl (C=O) groups excluding carboxylic acids is 1. The van der Waals surface area contributed by atoms with Crippen molar-refractivity contribution in [3.05, 3.63) is 45.1 Å². The first-order valence-corrected chi connectivity index (χ1v) is 9.72. The highest BCUT2D eigenvalue weighted by atomic mass is 79.9. The van der Waals surface area contributed by atoms with Crippen molar-refractivity contribution >= 4 is 38.3 Å². The maximum Gasteiger partial charge on any atom is 0.260 e. The molecule has 7 heteroatoms. The lowest BCUT2D eigenvalue weighted by Gasteiger charge is -2.17. The smallest absolute Gasteiger partial charge is 0.260 e. The van der Waals surface area contributed by atoms with E-state index in [1.54, 1.807) is 6.07 Å². The molecule has 0 aliphatic carbocycles. The van der Waals surface area contributed by atoms with Crippen LogP contribution in [0.2, 0.25) is 0 Å². The van der Waals surface area contributed by atoms with Gasteiger partial charge in [0.25, 0.3) is 5.91 Å². The normalized spacial score (nSPS) is 15.9. The summed E-state index contributed by atoms with van der Waals surface area (Å²) in [6.45, 7) is 3.01. The lowest BCUT2D eigenvalue weighted by molar-refractivity contribution is 0.102. The molecule has 0 bridgehead atoms. The number of amides is 1. The summed E-state index contributed by atoms with van der Waals surface area (Å²) in [5.41, 5.74) is 0.968. The lowest BCUT2D eigenvalue weighted by Crippen LogP contribution is -2.24. The van der Waals surface area contributed by atoms with Crippen LogP contribution in [-0.2, 0) is 6.54 Å². The van der Waals surface area contributed by atoms with Gasteiger partial charge in [0.05, 0.1) is 11.3 Å². The third kappa shape index (κ3) is 4.62. The molecule has 0 spiro atoms. The quantitative estimate of drug-likeness (QED) is 0.794. The van der Waals surface area contributed by atoms with Crippen LogP contribution in [-0.4, -0.2) is 28.9 Å². The average Bonchev–Trinajstić information content (AvgIpc) is 2.80. The van der Waals surface area contributed by atoms with E-state index >= 15 is 0 Å². The molecule has 1 fully saturated rings. The van der Waals surface area contributed by atoms with Gasteiger partial charge < -0.3 is 0 Å². The van der Waals surface area contributed by atoms with Crippen molar-refractivity contribution in [2.75, 3.05) is 18.4 Å². The molecule has 2 heterocycles. The number of carbonyl (C=O) groups is 1. The molecule has 0 saturated carbocycles. The van der Waals surface area contributed by atoms with Crippen LogP contribution in [0.1, 0.15) is 41.7 Å². The van der Waals surface area contributed by atoms with E-state index in [9.17, 15) is 9.18 Å². The van der Waals surface area contributed by atoms with Gasteiger partial charge in [-0.25, -0.2) is 9.37 Å². The zero-order chi connectivity index (χ0) is 16.9. The number of rotatable bonds is 4.